The van der Waals surface area contributed by atoms with Gasteiger partial charge in [-0.25, -0.2) is 5.84 Å². The van der Waals surface area contributed by atoms with E-state index in [-0.39, 0.29) is 12.0 Å². The number of rotatable bonds is 10. The van der Waals surface area contributed by atoms with Crippen LogP contribution in [0.1, 0.15) is 58.8 Å². The molecule has 0 heterocycles. The average Bonchev–Trinajstić information content (AvgIpc) is 2.32. The van der Waals surface area contributed by atoms with E-state index in [1.165, 1.54) is 32.1 Å². The summed E-state index contributed by atoms with van der Waals surface area (Å²) in [5, 5.41) is 0. The summed E-state index contributed by atoms with van der Waals surface area (Å²) in [6, 6.07) is 0. The molecule has 0 spiro atoms. The second kappa shape index (κ2) is 10.9. The van der Waals surface area contributed by atoms with Crippen molar-refractivity contribution < 1.29 is 9.53 Å². The summed E-state index contributed by atoms with van der Waals surface area (Å²) in [7, 11) is 0. The Kier molecular flexibility index (Phi) is 10.5. The number of hydrogen-bond acceptors (Lipinski definition) is 3. The molecule has 0 aromatic heterocycles. The van der Waals surface area contributed by atoms with Crippen molar-refractivity contribution in [2.75, 3.05) is 6.61 Å². The summed E-state index contributed by atoms with van der Waals surface area (Å²) < 4.78 is 5.46. The predicted octanol–water partition coefficient (Wildman–Crippen LogP) is 2.13. The van der Waals surface area contributed by atoms with Crippen LogP contribution in [0.2, 0.25) is 0 Å². The monoisotopic (exact) mass is 230 g/mol. The maximum Gasteiger partial charge on any atom is 0.262 e. The largest absolute Gasteiger partial charge is 0.368 e. The Morgan fingerprint density at radius 2 is 1.81 bits per heavy atom. The van der Waals surface area contributed by atoms with Gasteiger partial charge in [-0.2, -0.15) is 0 Å². The summed E-state index contributed by atoms with van der Waals surface area (Å²) in [5.74, 6) is 4.83. The van der Waals surface area contributed by atoms with Gasteiger partial charge in [-0.1, -0.05) is 46.0 Å². The molecule has 3 N–H and O–H groups in total. The van der Waals surface area contributed by atoms with Gasteiger partial charge in [0.2, 0.25) is 0 Å². The van der Waals surface area contributed by atoms with Crippen molar-refractivity contribution in [1.29, 1.82) is 0 Å². The molecule has 1 atom stereocenters. The summed E-state index contributed by atoms with van der Waals surface area (Å²) in [6.07, 6.45) is 7.63. The molecule has 0 aromatic carbocycles. The van der Waals surface area contributed by atoms with Gasteiger partial charge in [-0.3, -0.25) is 10.2 Å². The summed E-state index contributed by atoms with van der Waals surface area (Å²) in [4.78, 5) is 11.2. The molecule has 0 aliphatic carbocycles. The number of carbonyl (C=O) groups is 1. The summed E-state index contributed by atoms with van der Waals surface area (Å²) >= 11 is 0. The van der Waals surface area contributed by atoms with Gasteiger partial charge >= 0.3 is 0 Å². The van der Waals surface area contributed by atoms with Crippen LogP contribution in [0.4, 0.5) is 0 Å². The van der Waals surface area contributed by atoms with Gasteiger partial charge in [0.15, 0.2) is 0 Å². The van der Waals surface area contributed by atoms with Gasteiger partial charge in [0.25, 0.3) is 5.91 Å². The zero-order valence-electron chi connectivity index (χ0n) is 10.6. The molecule has 1 amide bonds. The zero-order valence-corrected chi connectivity index (χ0v) is 10.6. The number of unbranched alkanes of at least 4 members (excludes halogenated alkanes) is 5. The van der Waals surface area contributed by atoms with E-state index in [9.17, 15) is 4.79 Å². The minimum Gasteiger partial charge on any atom is -0.368 e. The van der Waals surface area contributed by atoms with Gasteiger partial charge < -0.3 is 4.74 Å². The van der Waals surface area contributed by atoms with Crippen LogP contribution >= 0.6 is 0 Å². The molecule has 0 radical (unpaired) electrons. The Balaban J connectivity index is 3.38. The van der Waals surface area contributed by atoms with E-state index >= 15 is 0 Å². The van der Waals surface area contributed by atoms with Crippen molar-refractivity contribution in [3.05, 3.63) is 0 Å². The van der Waals surface area contributed by atoms with E-state index in [1.54, 1.807) is 0 Å². The lowest BCUT2D eigenvalue weighted by Gasteiger charge is -2.13. The van der Waals surface area contributed by atoms with Gasteiger partial charge in [-0.05, 0) is 12.8 Å². The lowest BCUT2D eigenvalue weighted by Crippen LogP contribution is -2.40. The zero-order chi connectivity index (χ0) is 12.2. The number of ether oxygens (including phenoxy) is 1. The van der Waals surface area contributed by atoms with Crippen molar-refractivity contribution in [1.82, 2.24) is 5.43 Å². The summed E-state index contributed by atoms with van der Waals surface area (Å²) in [6.45, 7) is 4.78. The highest BCUT2D eigenvalue weighted by atomic mass is 16.5. The Labute approximate surface area is 98.9 Å². The van der Waals surface area contributed by atoms with Crippen molar-refractivity contribution in [2.45, 2.75) is 64.9 Å². The molecule has 4 heteroatoms. The van der Waals surface area contributed by atoms with Crippen LogP contribution in [-0.2, 0) is 9.53 Å². The smallest absolute Gasteiger partial charge is 0.262 e. The van der Waals surface area contributed by atoms with E-state index in [0.29, 0.717) is 13.0 Å². The van der Waals surface area contributed by atoms with Crippen LogP contribution in [0, 0.1) is 0 Å². The molecular formula is C12H26N2O2. The van der Waals surface area contributed by atoms with Gasteiger partial charge in [0, 0.05) is 6.61 Å². The second-order valence-corrected chi connectivity index (χ2v) is 4.04. The third-order valence-corrected chi connectivity index (χ3v) is 2.62. The fourth-order valence-electron chi connectivity index (χ4n) is 1.58. The number of nitrogens with one attached hydrogen (secondary N) is 1. The van der Waals surface area contributed by atoms with Crippen LogP contribution in [0.15, 0.2) is 0 Å². The number of amides is 1. The van der Waals surface area contributed by atoms with Gasteiger partial charge in [0.1, 0.15) is 6.10 Å². The Bertz CT molecular complexity index is 174. The van der Waals surface area contributed by atoms with E-state index in [0.717, 1.165) is 6.42 Å². The van der Waals surface area contributed by atoms with Crippen molar-refractivity contribution in [3.8, 4) is 0 Å². The quantitative estimate of drug-likeness (QED) is 0.261. The van der Waals surface area contributed by atoms with Gasteiger partial charge in [0.05, 0.1) is 0 Å². The number of hydrogen-bond donors (Lipinski definition) is 2. The number of hydrazine groups is 1. The molecule has 4 nitrogen and oxygen atoms in total. The predicted molar refractivity (Wildman–Crippen MR) is 65.7 cm³/mol. The molecule has 0 bridgehead atoms. The molecule has 0 aliphatic rings. The van der Waals surface area contributed by atoms with Crippen molar-refractivity contribution in [3.63, 3.8) is 0 Å². The van der Waals surface area contributed by atoms with Gasteiger partial charge in [-0.15, -0.1) is 0 Å². The topological polar surface area (TPSA) is 64.3 Å². The minimum atomic E-state index is -0.388. The molecule has 1 unspecified atom stereocenters. The van der Waals surface area contributed by atoms with Crippen molar-refractivity contribution in [2.24, 2.45) is 5.84 Å². The van der Waals surface area contributed by atoms with Crippen LogP contribution < -0.4 is 11.3 Å². The molecule has 0 aromatic rings. The Hall–Kier alpha value is -0.610. The highest BCUT2D eigenvalue weighted by Crippen LogP contribution is 2.06. The van der Waals surface area contributed by atoms with E-state index in [4.69, 9.17) is 10.6 Å². The molecule has 0 rings (SSSR count). The van der Waals surface area contributed by atoms with Crippen LogP contribution in [0.5, 0.6) is 0 Å². The molecule has 0 saturated carbocycles. The molecule has 96 valence electrons. The molecule has 16 heavy (non-hydrogen) atoms. The first-order valence-corrected chi connectivity index (χ1v) is 6.38. The Morgan fingerprint density at radius 1 is 1.19 bits per heavy atom. The molecule has 0 saturated heterocycles. The van der Waals surface area contributed by atoms with Crippen LogP contribution in [0.3, 0.4) is 0 Å². The lowest BCUT2D eigenvalue weighted by molar-refractivity contribution is -0.133. The van der Waals surface area contributed by atoms with Crippen LogP contribution in [0.25, 0.3) is 0 Å². The first-order valence-electron chi connectivity index (χ1n) is 6.38. The highest BCUT2D eigenvalue weighted by Gasteiger charge is 2.14. The van der Waals surface area contributed by atoms with Crippen LogP contribution in [-0.4, -0.2) is 18.6 Å². The van der Waals surface area contributed by atoms with E-state index in [2.05, 4.69) is 12.3 Å². The fourth-order valence-corrected chi connectivity index (χ4v) is 1.58. The fraction of sp³-hybridized carbons (Fsp3) is 0.917. The number of carbonyl (C=O) groups excluding carboxylic acids is 1. The normalized spacial score (nSPS) is 12.4. The molecule has 0 aliphatic heterocycles. The number of nitrogens with two attached hydrogens (primary N) is 1. The third kappa shape index (κ3) is 7.65. The molecule has 0 fully saturated rings. The summed E-state index contributed by atoms with van der Waals surface area (Å²) in [5.41, 5.74) is 2.12. The first kappa shape index (κ1) is 15.4. The third-order valence-electron chi connectivity index (χ3n) is 2.62. The second-order valence-electron chi connectivity index (χ2n) is 4.04. The standard InChI is InChI=1S/C12H26N2O2/c1-3-5-6-7-8-9-10-16-11(4-2)12(15)14-13/h11H,3-10,13H2,1-2H3,(H,14,15). The van der Waals surface area contributed by atoms with E-state index < -0.39 is 0 Å². The lowest BCUT2D eigenvalue weighted by atomic mass is 10.1. The maximum atomic E-state index is 11.2. The SMILES string of the molecule is CCCCCCCCOC(CC)C(=O)NN. The molecular weight excluding hydrogens is 204 g/mol. The minimum absolute atomic E-state index is 0.228. The average molecular weight is 230 g/mol. The maximum absolute atomic E-state index is 11.2. The first-order chi connectivity index (χ1) is 7.76. The van der Waals surface area contributed by atoms with Crippen molar-refractivity contribution >= 4 is 5.91 Å². The highest BCUT2D eigenvalue weighted by molar-refractivity contribution is 5.79. The van der Waals surface area contributed by atoms with E-state index in [1.807, 2.05) is 6.92 Å². The Morgan fingerprint density at radius 3 is 2.38 bits per heavy atom.